The number of rotatable bonds is 0. The molecule has 2 aromatic rings. The van der Waals surface area contributed by atoms with Crippen molar-refractivity contribution in [2.75, 3.05) is 0 Å². The number of hydrogen-bond acceptors (Lipinski definition) is 2. The Morgan fingerprint density at radius 2 is 1.79 bits per heavy atom. The molecule has 0 bridgehead atoms. The number of H-pyrrole nitrogens is 1. The van der Waals surface area contributed by atoms with Crippen LogP contribution in [0.25, 0.3) is 10.9 Å². The lowest BCUT2D eigenvalue weighted by Crippen LogP contribution is -2.07. The van der Waals surface area contributed by atoms with Crippen LogP contribution in [0.15, 0.2) is 16.9 Å². The number of nitrogens with one attached hydrogen (secondary N) is 1. The van der Waals surface area contributed by atoms with Gasteiger partial charge in [-0.25, -0.2) is 4.98 Å². The van der Waals surface area contributed by atoms with E-state index in [1.165, 1.54) is 12.1 Å². The molecule has 0 spiro atoms. The van der Waals surface area contributed by atoms with Crippen LogP contribution < -0.4 is 5.56 Å². The van der Waals surface area contributed by atoms with Crippen molar-refractivity contribution in [1.29, 1.82) is 0 Å². The van der Waals surface area contributed by atoms with E-state index >= 15 is 0 Å². The largest absolute Gasteiger partial charge is 0.297 e. The van der Waals surface area contributed by atoms with E-state index in [4.69, 9.17) is 34.8 Å². The summed E-state index contributed by atoms with van der Waals surface area (Å²) >= 11 is 17.1. The monoisotopic (exact) mass is 248 g/mol. The first-order valence-electron chi connectivity index (χ1n) is 3.62. The zero-order valence-electron chi connectivity index (χ0n) is 6.64. The van der Waals surface area contributed by atoms with Crippen LogP contribution in [0.5, 0.6) is 0 Å². The van der Waals surface area contributed by atoms with Crippen LogP contribution in [0.4, 0.5) is 0 Å². The molecular weight excluding hydrogens is 246 g/mol. The number of hydrogen-bond donors (Lipinski definition) is 1. The molecule has 72 valence electrons. The average Bonchev–Trinajstić information content (AvgIpc) is 2.08. The summed E-state index contributed by atoms with van der Waals surface area (Å²) < 4.78 is 0. The smallest absolute Gasteiger partial charge is 0.259 e. The molecule has 0 saturated heterocycles. The van der Waals surface area contributed by atoms with Crippen molar-refractivity contribution in [2.24, 2.45) is 0 Å². The number of halogens is 3. The highest BCUT2D eigenvalue weighted by molar-refractivity contribution is 6.42. The molecule has 2 rings (SSSR count). The third kappa shape index (κ3) is 1.59. The first kappa shape index (κ1) is 9.77. The van der Waals surface area contributed by atoms with Crippen molar-refractivity contribution < 1.29 is 0 Å². The third-order valence-corrected chi connectivity index (χ3v) is 2.62. The first-order chi connectivity index (χ1) is 6.58. The normalized spacial score (nSPS) is 10.8. The summed E-state index contributed by atoms with van der Waals surface area (Å²) in [5.74, 6) is 0. The van der Waals surface area contributed by atoms with Crippen LogP contribution in [0.2, 0.25) is 15.3 Å². The Bertz CT molecular complexity index is 564. The first-order valence-corrected chi connectivity index (χ1v) is 4.76. The SMILES string of the molecule is O=c1[nH]c(Cl)nc2cc(Cl)c(Cl)cc12. The molecule has 1 N–H and O–H groups in total. The van der Waals surface area contributed by atoms with Crippen molar-refractivity contribution in [3.63, 3.8) is 0 Å². The summed E-state index contributed by atoms with van der Waals surface area (Å²) in [5, 5.41) is 1.05. The van der Waals surface area contributed by atoms with Gasteiger partial charge in [0.05, 0.1) is 20.9 Å². The number of nitrogens with zero attached hydrogens (tertiary/aromatic N) is 1. The van der Waals surface area contributed by atoms with Gasteiger partial charge in [0.15, 0.2) is 0 Å². The van der Waals surface area contributed by atoms with Crippen LogP contribution in [0.1, 0.15) is 0 Å². The van der Waals surface area contributed by atoms with Crippen molar-refractivity contribution in [1.82, 2.24) is 9.97 Å². The maximum absolute atomic E-state index is 11.4. The lowest BCUT2D eigenvalue weighted by molar-refractivity contribution is 1.17. The van der Waals surface area contributed by atoms with Crippen molar-refractivity contribution in [3.05, 3.63) is 37.8 Å². The number of benzene rings is 1. The summed E-state index contributed by atoms with van der Waals surface area (Å²) in [6.07, 6.45) is 0. The molecule has 0 saturated carbocycles. The molecule has 0 radical (unpaired) electrons. The summed E-state index contributed by atoms with van der Waals surface area (Å²) in [7, 11) is 0. The topological polar surface area (TPSA) is 45.8 Å². The van der Waals surface area contributed by atoms with Gasteiger partial charge in [-0.3, -0.25) is 9.78 Å². The van der Waals surface area contributed by atoms with E-state index in [-0.39, 0.29) is 10.8 Å². The van der Waals surface area contributed by atoms with Crippen LogP contribution in [0.3, 0.4) is 0 Å². The van der Waals surface area contributed by atoms with Gasteiger partial charge >= 0.3 is 0 Å². The molecule has 3 nitrogen and oxygen atoms in total. The number of aromatic nitrogens is 2. The van der Waals surface area contributed by atoms with E-state index in [0.717, 1.165) is 0 Å². The Morgan fingerprint density at radius 1 is 1.14 bits per heavy atom. The fraction of sp³-hybridized carbons (Fsp3) is 0. The number of aromatic amines is 1. The van der Waals surface area contributed by atoms with Gasteiger partial charge in [-0.05, 0) is 23.7 Å². The van der Waals surface area contributed by atoms with E-state index in [1.807, 2.05) is 0 Å². The summed E-state index contributed by atoms with van der Waals surface area (Å²) in [6.45, 7) is 0. The Hall–Kier alpha value is -0.770. The molecule has 1 heterocycles. The molecule has 1 aromatic heterocycles. The molecular formula is C8H3Cl3N2O. The van der Waals surface area contributed by atoms with E-state index in [9.17, 15) is 4.79 Å². The van der Waals surface area contributed by atoms with Crippen molar-refractivity contribution in [3.8, 4) is 0 Å². The molecule has 0 unspecified atom stereocenters. The fourth-order valence-electron chi connectivity index (χ4n) is 1.11. The van der Waals surface area contributed by atoms with E-state index in [0.29, 0.717) is 20.9 Å². The maximum atomic E-state index is 11.4. The van der Waals surface area contributed by atoms with Gasteiger partial charge < -0.3 is 0 Å². The second kappa shape index (κ2) is 3.42. The molecule has 0 aliphatic rings. The molecule has 0 atom stereocenters. The van der Waals surface area contributed by atoms with Crippen LogP contribution in [0, 0.1) is 0 Å². The quantitative estimate of drug-likeness (QED) is 0.730. The van der Waals surface area contributed by atoms with Gasteiger partial charge in [-0.15, -0.1) is 0 Å². The Balaban J connectivity index is 2.96. The Labute approximate surface area is 93.6 Å². The molecule has 6 heteroatoms. The van der Waals surface area contributed by atoms with E-state index < -0.39 is 0 Å². The van der Waals surface area contributed by atoms with E-state index in [2.05, 4.69) is 9.97 Å². The van der Waals surface area contributed by atoms with E-state index in [1.54, 1.807) is 0 Å². The Morgan fingerprint density at radius 3 is 2.50 bits per heavy atom. The average molecular weight is 249 g/mol. The highest BCUT2D eigenvalue weighted by atomic mass is 35.5. The third-order valence-electron chi connectivity index (χ3n) is 1.72. The van der Waals surface area contributed by atoms with Crippen LogP contribution in [-0.4, -0.2) is 9.97 Å². The highest BCUT2D eigenvalue weighted by Crippen LogP contribution is 2.25. The van der Waals surface area contributed by atoms with Crippen LogP contribution >= 0.6 is 34.8 Å². The predicted octanol–water partition coefficient (Wildman–Crippen LogP) is 2.88. The van der Waals surface area contributed by atoms with Crippen molar-refractivity contribution >= 4 is 45.7 Å². The number of fused-ring (bicyclic) bond motifs is 1. The summed E-state index contributed by atoms with van der Waals surface area (Å²) in [6, 6.07) is 2.96. The highest BCUT2D eigenvalue weighted by Gasteiger charge is 2.06. The Kier molecular flexibility index (Phi) is 2.39. The molecule has 0 fully saturated rings. The standard InChI is InChI=1S/C8H3Cl3N2O/c9-4-1-3-6(2-5(4)10)12-8(11)13-7(3)14/h1-2H,(H,12,13,14). The minimum absolute atomic E-state index is 0.0286. The minimum Gasteiger partial charge on any atom is -0.297 e. The molecule has 0 amide bonds. The minimum atomic E-state index is -0.335. The van der Waals surface area contributed by atoms with Gasteiger partial charge in [-0.1, -0.05) is 23.2 Å². The fourth-order valence-corrected chi connectivity index (χ4v) is 1.60. The summed E-state index contributed by atoms with van der Waals surface area (Å²) in [5.41, 5.74) is 0.0896. The van der Waals surface area contributed by atoms with Crippen molar-refractivity contribution in [2.45, 2.75) is 0 Å². The van der Waals surface area contributed by atoms with Crippen LogP contribution in [-0.2, 0) is 0 Å². The summed E-state index contributed by atoms with van der Waals surface area (Å²) in [4.78, 5) is 17.6. The van der Waals surface area contributed by atoms with Gasteiger partial charge in [0.25, 0.3) is 5.56 Å². The second-order valence-corrected chi connectivity index (χ2v) is 3.81. The zero-order chi connectivity index (χ0) is 10.3. The lowest BCUT2D eigenvalue weighted by Gasteiger charge is -1.99. The maximum Gasteiger partial charge on any atom is 0.259 e. The van der Waals surface area contributed by atoms with Gasteiger partial charge in [-0.2, -0.15) is 0 Å². The molecule has 14 heavy (non-hydrogen) atoms. The van der Waals surface area contributed by atoms with Gasteiger partial charge in [0.1, 0.15) is 0 Å². The lowest BCUT2D eigenvalue weighted by atomic mass is 10.2. The molecule has 0 aliphatic carbocycles. The second-order valence-electron chi connectivity index (χ2n) is 2.64. The molecule has 0 aliphatic heterocycles. The van der Waals surface area contributed by atoms with Gasteiger partial charge in [0, 0.05) is 0 Å². The zero-order valence-corrected chi connectivity index (χ0v) is 8.91. The molecule has 1 aromatic carbocycles. The predicted molar refractivity (Wildman–Crippen MR) is 57.4 cm³/mol. The van der Waals surface area contributed by atoms with Gasteiger partial charge in [0.2, 0.25) is 5.28 Å².